The first-order chi connectivity index (χ1) is 5.15. The maximum atomic E-state index is 12.9. The maximum absolute atomic E-state index is 12.9. The molecular formula is C7H9FN2O. The third-order valence-corrected chi connectivity index (χ3v) is 1.34. The Hall–Kier alpha value is -1.19. The van der Waals surface area contributed by atoms with Gasteiger partial charge in [-0.3, -0.25) is 0 Å². The zero-order valence-electron chi connectivity index (χ0n) is 6.68. The highest BCUT2D eigenvalue weighted by Crippen LogP contribution is 2.10. The first kappa shape index (κ1) is 7.91. The van der Waals surface area contributed by atoms with E-state index in [2.05, 4.69) is 9.97 Å². The van der Waals surface area contributed by atoms with E-state index in [0.29, 0.717) is 11.4 Å². The summed E-state index contributed by atoms with van der Waals surface area (Å²) in [4.78, 5) is 7.49. The number of halogens is 1. The van der Waals surface area contributed by atoms with Crippen LogP contribution in [0.5, 0.6) is 6.01 Å². The molecule has 11 heavy (non-hydrogen) atoms. The van der Waals surface area contributed by atoms with Crippen molar-refractivity contribution in [1.82, 2.24) is 9.97 Å². The summed E-state index contributed by atoms with van der Waals surface area (Å²) in [6.45, 7) is 3.15. The Balaban J connectivity index is 3.21. The van der Waals surface area contributed by atoms with Gasteiger partial charge in [0.1, 0.15) is 0 Å². The average molecular weight is 156 g/mol. The van der Waals surface area contributed by atoms with E-state index in [4.69, 9.17) is 4.74 Å². The minimum absolute atomic E-state index is 0.210. The fourth-order valence-electron chi connectivity index (χ4n) is 0.763. The van der Waals surface area contributed by atoms with Gasteiger partial charge in [-0.1, -0.05) is 0 Å². The van der Waals surface area contributed by atoms with Gasteiger partial charge in [0, 0.05) is 0 Å². The van der Waals surface area contributed by atoms with Crippen molar-refractivity contribution >= 4 is 0 Å². The molecular weight excluding hydrogens is 147 g/mol. The van der Waals surface area contributed by atoms with Crippen LogP contribution in [0.2, 0.25) is 0 Å². The van der Waals surface area contributed by atoms with Crippen LogP contribution >= 0.6 is 0 Å². The fraction of sp³-hybridized carbons (Fsp3) is 0.429. The number of nitrogens with zero attached hydrogens (tertiary/aromatic N) is 2. The molecule has 1 aromatic heterocycles. The molecule has 0 unspecified atom stereocenters. The topological polar surface area (TPSA) is 35.0 Å². The smallest absolute Gasteiger partial charge is 0.316 e. The van der Waals surface area contributed by atoms with Crippen molar-refractivity contribution in [3.63, 3.8) is 0 Å². The standard InChI is InChI=1S/C7H9FN2O/c1-4-6(8)5(2)10-7(9-4)11-3/h1-3H3. The molecule has 0 aliphatic carbocycles. The van der Waals surface area contributed by atoms with Crippen LogP contribution in [0.4, 0.5) is 4.39 Å². The Morgan fingerprint density at radius 2 is 1.64 bits per heavy atom. The van der Waals surface area contributed by atoms with Crippen LogP contribution in [0.15, 0.2) is 0 Å². The van der Waals surface area contributed by atoms with Crippen LogP contribution in [0, 0.1) is 19.7 Å². The Morgan fingerprint density at radius 1 is 1.18 bits per heavy atom. The van der Waals surface area contributed by atoms with E-state index in [9.17, 15) is 4.39 Å². The zero-order valence-corrected chi connectivity index (χ0v) is 6.68. The molecule has 0 aliphatic heterocycles. The van der Waals surface area contributed by atoms with Crippen molar-refractivity contribution in [2.45, 2.75) is 13.8 Å². The summed E-state index contributed by atoms with van der Waals surface area (Å²) in [7, 11) is 1.45. The molecule has 0 N–H and O–H groups in total. The van der Waals surface area contributed by atoms with Crippen molar-refractivity contribution in [2.24, 2.45) is 0 Å². The van der Waals surface area contributed by atoms with Crippen LogP contribution in [-0.2, 0) is 0 Å². The van der Waals surface area contributed by atoms with Gasteiger partial charge in [-0.2, -0.15) is 9.97 Å². The SMILES string of the molecule is COc1nc(C)c(F)c(C)n1. The van der Waals surface area contributed by atoms with Crippen LogP contribution in [0.1, 0.15) is 11.4 Å². The Kier molecular flexibility index (Phi) is 2.03. The van der Waals surface area contributed by atoms with E-state index in [-0.39, 0.29) is 11.8 Å². The summed E-state index contributed by atoms with van der Waals surface area (Å²) < 4.78 is 17.6. The molecule has 0 saturated carbocycles. The van der Waals surface area contributed by atoms with Gasteiger partial charge in [0.15, 0.2) is 5.82 Å². The van der Waals surface area contributed by atoms with Crippen LogP contribution < -0.4 is 4.74 Å². The highest BCUT2D eigenvalue weighted by atomic mass is 19.1. The lowest BCUT2D eigenvalue weighted by Gasteiger charge is -2.01. The first-order valence-corrected chi connectivity index (χ1v) is 3.20. The number of rotatable bonds is 1. The molecule has 0 aliphatic rings. The van der Waals surface area contributed by atoms with Crippen molar-refractivity contribution in [2.75, 3.05) is 7.11 Å². The lowest BCUT2D eigenvalue weighted by molar-refractivity contribution is 0.373. The molecule has 4 heteroatoms. The predicted molar refractivity (Wildman–Crippen MR) is 38.0 cm³/mol. The van der Waals surface area contributed by atoms with Crippen molar-refractivity contribution < 1.29 is 9.13 Å². The van der Waals surface area contributed by atoms with Crippen molar-refractivity contribution in [1.29, 1.82) is 0 Å². The number of aryl methyl sites for hydroxylation is 2. The molecule has 1 rings (SSSR count). The average Bonchev–Trinajstić information content (AvgIpc) is 1.99. The van der Waals surface area contributed by atoms with Crippen molar-refractivity contribution in [3.8, 4) is 6.01 Å². The summed E-state index contributed by atoms with van der Waals surface area (Å²) in [6.07, 6.45) is 0. The monoisotopic (exact) mass is 156 g/mol. The normalized spacial score (nSPS) is 9.82. The second-order valence-electron chi connectivity index (χ2n) is 2.20. The highest BCUT2D eigenvalue weighted by Gasteiger charge is 2.06. The molecule has 0 bridgehead atoms. The number of ether oxygens (including phenoxy) is 1. The molecule has 0 fully saturated rings. The van der Waals surface area contributed by atoms with Crippen LogP contribution in [-0.4, -0.2) is 17.1 Å². The molecule has 3 nitrogen and oxygen atoms in total. The number of aromatic nitrogens is 2. The third-order valence-electron chi connectivity index (χ3n) is 1.34. The molecule has 0 radical (unpaired) electrons. The number of hydrogen-bond acceptors (Lipinski definition) is 3. The summed E-state index contributed by atoms with van der Waals surface area (Å²) in [5.74, 6) is -0.370. The lowest BCUT2D eigenvalue weighted by atomic mass is 10.3. The predicted octanol–water partition coefficient (Wildman–Crippen LogP) is 1.24. The Labute approximate surface area is 64.2 Å². The minimum Gasteiger partial charge on any atom is -0.467 e. The first-order valence-electron chi connectivity index (χ1n) is 3.20. The molecule has 60 valence electrons. The van der Waals surface area contributed by atoms with Gasteiger partial charge in [-0.15, -0.1) is 0 Å². The molecule has 1 aromatic rings. The van der Waals surface area contributed by atoms with Crippen LogP contribution in [0.3, 0.4) is 0 Å². The fourth-order valence-corrected chi connectivity index (χ4v) is 0.763. The molecule has 0 amide bonds. The quantitative estimate of drug-likeness (QED) is 0.613. The van der Waals surface area contributed by atoms with Gasteiger partial charge >= 0.3 is 6.01 Å². The summed E-state index contributed by atoms with van der Waals surface area (Å²) in [5, 5.41) is 0. The maximum Gasteiger partial charge on any atom is 0.316 e. The third kappa shape index (κ3) is 1.45. The van der Waals surface area contributed by atoms with E-state index in [1.807, 2.05) is 0 Å². The second-order valence-corrected chi connectivity index (χ2v) is 2.20. The Morgan fingerprint density at radius 3 is 2.00 bits per heavy atom. The molecule has 0 spiro atoms. The molecule has 1 heterocycles. The number of hydrogen-bond donors (Lipinski definition) is 0. The summed E-state index contributed by atoms with van der Waals surface area (Å²) >= 11 is 0. The van der Waals surface area contributed by atoms with E-state index in [1.54, 1.807) is 13.8 Å². The number of methoxy groups -OCH3 is 1. The van der Waals surface area contributed by atoms with Gasteiger partial charge in [0.25, 0.3) is 0 Å². The molecule has 0 saturated heterocycles. The largest absolute Gasteiger partial charge is 0.467 e. The minimum atomic E-state index is -0.370. The summed E-state index contributed by atoms with van der Waals surface area (Å²) in [6, 6.07) is 0.210. The van der Waals surface area contributed by atoms with E-state index >= 15 is 0 Å². The lowest BCUT2D eigenvalue weighted by Crippen LogP contribution is -2.00. The summed E-state index contributed by atoms with van der Waals surface area (Å²) in [5.41, 5.74) is 0.628. The van der Waals surface area contributed by atoms with E-state index in [0.717, 1.165) is 0 Å². The van der Waals surface area contributed by atoms with Gasteiger partial charge < -0.3 is 4.74 Å². The second kappa shape index (κ2) is 2.82. The van der Waals surface area contributed by atoms with E-state index in [1.165, 1.54) is 7.11 Å². The zero-order chi connectivity index (χ0) is 8.43. The van der Waals surface area contributed by atoms with Gasteiger partial charge in [-0.25, -0.2) is 4.39 Å². The Bertz CT molecular complexity index is 252. The van der Waals surface area contributed by atoms with Gasteiger partial charge in [0.2, 0.25) is 0 Å². The molecule has 0 aromatic carbocycles. The highest BCUT2D eigenvalue weighted by molar-refractivity contribution is 5.13. The van der Waals surface area contributed by atoms with Gasteiger partial charge in [-0.05, 0) is 13.8 Å². The van der Waals surface area contributed by atoms with Crippen LogP contribution in [0.25, 0.3) is 0 Å². The van der Waals surface area contributed by atoms with Crippen molar-refractivity contribution in [3.05, 3.63) is 17.2 Å². The molecule has 0 atom stereocenters. The van der Waals surface area contributed by atoms with Gasteiger partial charge in [0.05, 0.1) is 18.5 Å². The van der Waals surface area contributed by atoms with E-state index < -0.39 is 0 Å².